The number of rotatable bonds is 4. The minimum absolute atomic E-state index is 0.113. The fourth-order valence-corrected chi connectivity index (χ4v) is 2.75. The first kappa shape index (κ1) is 12.6. The van der Waals surface area contributed by atoms with E-state index in [1.807, 2.05) is 0 Å². The van der Waals surface area contributed by atoms with Gasteiger partial charge in [0.25, 0.3) is 0 Å². The van der Waals surface area contributed by atoms with Gasteiger partial charge in [-0.1, -0.05) is 24.4 Å². The minimum Gasteiger partial charge on any atom is -0.391 e. The predicted molar refractivity (Wildman–Crippen MR) is 68.2 cm³/mol. The van der Waals surface area contributed by atoms with E-state index in [2.05, 4.69) is 21.8 Å². The van der Waals surface area contributed by atoms with Crippen molar-refractivity contribution < 1.29 is 5.11 Å². The van der Waals surface area contributed by atoms with Crippen LogP contribution in [-0.2, 0) is 6.61 Å². The summed E-state index contributed by atoms with van der Waals surface area (Å²) in [5.74, 6) is 0.793. The van der Waals surface area contributed by atoms with Crippen LogP contribution in [-0.4, -0.2) is 27.7 Å². The number of aliphatic hydroxyl groups is 1. The van der Waals surface area contributed by atoms with Crippen LogP contribution in [0.4, 0.5) is 5.82 Å². The van der Waals surface area contributed by atoms with Crippen molar-refractivity contribution in [1.29, 1.82) is 0 Å². The molecule has 1 aliphatic carbocycles. The Labute approximate surface area is 107 Å². The van der Waals surface area contributed by atoms with Crippen LogP contribution in [0.5, 0.6) is 0 Å². The molecule has 17 heavy (non-hydrogen) atoms. The molecule has 1 fully saturated rings. The topological polar surface area (TPSA) is 49.2 Å². The molecule has 5 heteroatoms. The second kappa shape index (κ2) is 5.65. The highest BCUT2D eigenvalue weighted by atomic mass is 35.5. The molecule has 1 aromatic rings. The van der Waals surface area contributed by atoms with Gasteiger partial charge < -0.3 is 10.0 Å². The van der Waals surface area contributed by atoms with Crippen LogP contribution in [0.25, 0.3) is 0 Å². The molecule has 0 saturated heterocycles. The maximum Gasteiger partial charge on any atom is 0.140 e. The highest BCUT2D eigenvalue weighted by Crippen LogP contribution is 2.30. The van der Waals surface area contributed by atoms with E-state index in [0.717, 1.165) is 12.4 Å². The molecule has 1 aliphatic rings. The number of anilines is 1. The lowest BCUT2D eigenvalue weighted by Crippen LogP contribution is -2.34. The van der Waals surface area contributed by atoms with Gasteiger partial charge in [-0.15, -0.1) is 0 Å². The standard InChI is InChI=1S/C12H18ClN3O/c1-2-16(9-5-3-4-6-9)12-10(7-17)11(13)14-8-15-12/h8-9,17H,2-7H2,1H3. The number of halogens is 1. The summed E-state index contributed by atoms with van der Waals surface area (Å²) in [7, 11) is 0. The fourth-order valence-electron chi connectivity index (χ4n) is 2.56. The molecule has 4 nitrogen and oxygen atoms in total. The first-order valence-corrected chi connectivity index (χ1v) is 6.52. The first-order valence-electron chi connectivity index (χ1n) is 6.14. The largest absolute Gasteiger partial charge is 0.391 e. The van der Waals surface area contributed by atoms with E-state index in [0.29, 0.717) is 16.8 Å². The highest BCUT2D eigenvalue weighted by Gasteiger charge is 2.25. The van der Waals surface area contributed by atoms with Crippen molar-refractivity contribution in [2.75, 3.05) is 11.4 Å². The van der Waals surface area contributed by atoms with E-state index < -0.39 is 0 Å². The predicted octanol–water partition coefficient (Wildman–Crippen LogP) is 2.39. The van der Waals surface area contributed by atoms with E-state index in [9.17, 15) is 5.11 Å². The van der Waals surface area contributed by atoms with Crippen molar-refractivity contribution in [1.82, 2.24) is 9.97 Å². The Bertz CT molecular complexity index is 380. The summed E-state index contributed by atoms with van der Waals surface area (Å²) in [5, 5.41) is 9.75. The van der Waals surface area contributed by atoms with Crippen molar-refractivity contribution >= 4 is 17.4 Å². The quantitative estimate of drug-likeness (QED) is 0.840. The van der Waals surface area contributed by atoms with Crippen LogP contribution in [0.15, 0.2) is 6.33 Å². The molecule has 0 atom stereocenters. The average molecular weight is 256 g/mol. The van der Waals surface area contributed by atoms with Crippen molar-refractivity contribution in [3.8, 4) is 0 Å². The van der Waals surface area contributed by atoms with E-state index in [4.69, 9.17) is 11.6 Å². The van der Waals surface area contributed by atoms with Crippen LogP contribution >= 0.6 is 11.6 Å². The number of hydrogen-bond donors (Lipinski definition) is 1. The summed E-state index contributed by atoms with van der Waals surface area (Å²) >= 11 is 6.00. The van der Waals surface area contributed by atoms with Crippen LogP contribution in [0.2, 0.25) is 5.15 Å². The second-order valence-corrected chi connectivity index (χ2v) is 4.71. The van der Waals surface area contributed by atoms with Gasteiger partial charge in [0, 0.05) is 12.6 Å². The van der Waals surface area contributed by atoms with E-state index in [-0.39, 0.29) is 6.61 Å². The third kappa shape index (κ3) is 2.53. The zero-order chi connectivity index (χ0) is 12.3. The molecule has 1 N–H and O–H groups in total. The SMILES string of the molecule is CCN(c1ncnc(Cl)c1CO)C1CCCC1. The number of hydrogen-bond acceptors (Lipinski definition) is 4. The summed E-state index contributed by atoms with van der Waals surface area (Å²) in [6.07, 6.45) is 6.40. The van der Waals surface area contributed by atoms with Gasteiger partial charge in [-0.05, 0) is 19.8 Å². The number of nitrogens with zero attached hydrogens (tertiary/aromatic N) is 3. The smallest absolute Gasteiger partial charge is 0.140 e. The Morgan fingerprint density at radius 1 is 1.41 bits per heavy atom. The van der Waals surface area contributed by atoms with E-state index in [1.165, 1.54) is 32.0 Å². The van der Waals surface area contributed by atoms with Crippen molar-refractivity contribution in [3.05, 3.63) is 17.0 Å². The molecule has 0 spiro atoms. The fraction of sp³-hybridized carbons (Fsp3) is 0.667. The Morgan fingerprint density at radius 2 is 2.12 bits per heavy atom. The lowest BCUT2D eigenvalue weighted by Gasteiger charge is -2.30. The summed E-state index contributed by atoms with van der Waals surface area (Å²) < 4.78 is 0. The van der Waals surface area contributed by atoms with Crippen LogP contribution < -0.4 is 4.90 Å². The molecule has 0 aliphatic heterocycles. The van der Waals surface area contributed by atoms with Crippen LogP contribution in [0.3, 0.4) is 0 Å². The minimum atomic E-state index is -0.113. The van der Waals surface area contributed by atoms with Gasteiger partial charge in [0.15, 0.2) is 0 Å². The molecular weight excluding hydrogens is 238 g/mol. The Morgan fingerprint density at radius 3 is 2.71 bits per heavy atom. The Kier molecular flexibility index (Phi) is 4.18. The van der Waals surface area contributed by atoms with Gasteiger partial charge >= 0.3 is 0 Å². The molecular formula is C12H18ClN3O. The van der Waals surface area contributed by atoms with Crippen LogP contribution in [0, 0.1) is 0 Å². The maximum absolute atomic E-state index is 9.40. The first-order chi connectivity index (χ1) is 8.27. The maximum atomic E-state index is 9.40. The highest BCUT2D eigenvalue weighted by molar-refractivity contribution is 6.30. The molecule has 0 bridgehead atoms. The second-order valence-electron chi connectivity index (χ2n) is 4.35. The van der Waals surface area contributed by atoms with Crippen molar-refractivity contribution in [2.45, 2.75) is 45.3 Å². The zero-order valence-electron chi connectivity index (χ0n) is 10.1. The lowest BCUT2D eigenvalue weighted by atomic mass is 10.2. The van der Waals surface area contributed by atoms with Gasteiger partial charge in [-0.3, -0.25) is 0 Å². The molecule has 94 valence electrons. The summed E-state index contributed by atoms with van der Waals surface area (Å²) in [6, 6.07) is 0.524. The zero-order valence-corrected chi connectivity index (χ0v) is 10.8. The number of aliphatic hydroxyl groups excluding tert-OH is 1. The molecule has 1 aromatic heterocycles. The average Bonchev–Trinajstić information content (AvgIpc) is 2.84. The lowest BCUT2D eigenvalue weighted by molar-refractivity contribution is 0.281. The van der Waals surface area contributed by atoms with Gasteiger partial charge in [-0.2, -0.15) is 0 Å². The normalized spacial score (nSPS) is 16.4. The molecule has 1 saturated carbocycles. The Hall–Kier alpha value is -0.870. The van der Waals surface area contributed by atoms with Gasteiger partial charge in [0.05, 0.1) is 12.2 Å². The Balaban J connectivity index is 2.32. The summed E-state index contributed by atoms with van der Waals surface area (Å²) in [5.41, 5.74) is 0.642. The molecule has 2 rings (SSSR count). The monoisotopic (exact) mass is 255 g/mol. The molecule has 0 aromatic carbocycles. The third-order valence-corrected chi connectivity index (χ3v) is 3.73. The van der Waals surface area contributed by atoms with Crippen molar-refractivity contribution in [2.24, 2.45) is 0 Å². The summed E-state index contributed by atoms with van der Waals surface area (Å²) in [4.78, 5) is 10.5. The van der Waals surface area contributed by atoms with Gasteiger partial charge in [0.2, 0.25) is 0 Å². The molecule has 0 radical (unpaired) electrons. The molecule has 0 amide bonds. The van der Waals surface area contributed by atoms with Gasteiger partial charge in [0.1, 0.15) is 17.3 Å². The van der Waals surface area contributed by atoms with Crippen LogP contribution in [0.1, 0.15) is 38.2 Å². The van der Waals surface area contributed by atoms with Gasteiger partial charge in [-0.25, -0.2) is 9.97 Å². The van der Waals surface area contributed by atoms with E-state index in [1.54, 1.807) is 0 Å². The van der Waals surface area contributed by atoms with E-state index >= 15 is 0 Å². The summed E-state index contributed by atoms with van der Waals surface area (Å²) in [6.45, 7) is 2.87. The molecule has 0 unspecified atom stereocenters. The third-order valence-electron chi connectivity index (χ3n) is 3.41. The number of aromatic nitrogens is 2. The molecule has 1 heterocycles. The van der Waals surface area contributed by atoms with Crippen molar-refractivity contribution in [3.63, 3.8) is 0 Å².